The molecule has 8 heteroatoms. The first-order chi connectivity index (χ1) is 9.88. The highest BCUT2D eigenvalue weighted by Gasteiger charge is 2.34. The van der Waals surface area contributed by atoms with Crippen molar-refractivity contribution >= 4 is 5.91 Å². The first-order valence-electron chi connectivity index (χ1n) is 6.11. The molecule has 0 radical (unpaired) electrons. The van der Waals surface area contributed by atoms with Crippen LogP contribution in [-0.4, -0.2) is 22.6 Å². The predicted octanol–water partition coefficient (Wildman–Crippen LogP) is 2.37. The van der Waals surface area contributed by atoms with Crippen molar-refractivity contribution in [1.82, 2.24) is 15.5 Å². The number of hydrogen-bond donors (Lipinski definition) is 1. The lowest BCUT2D eigenvalue weighted by Crippen LogP contribution is -2.28. The maximum absolute atomic E-state index is 12.8. The van der Waals surface area contributed by atoms with Gasteiger partial charge in [0.05, 0.1) is 11.1 Å². The molecule has 2 aromatic rings. The molecule has 1 heterocycles. The van der Waals surface area contributed by atoms with Crippen molar-refractivity contribution in [2.75, 3.05) is 6.54 Å². The summed E-state index contributed by atoms with van der Waals surface area (Å²) < 4.78 is 43.2. The second-order valence-corrected chi connectivity index (χ2v) is 4.28. The Kier molecular flexibility index (Phi) is 4.25. The Morgan fingerprint density at radius 2 is 2.05 bits per heavy atom. The molecule has 0 saturated heterocycles. The average Bonchev–Trinajstić information content (AvgIpc) is 2.83. The maximum Gasteiger partial charge on any atom is 0.417 e. The van der Waals surface area contributed by atoms with E-state index in [9.17, 15) is 18.0 Å². The lowest BCUT2D eigenvalue weighted by Gasteiger charge is -2.12. The van der Waals surface area contributed by atoms with E-state index in [1.165, 1.54) is 12.1 Å². The normalized spacial score (nSPS) is 11.4. The highest BCUT2D eigenvalue weighted by Crippen LogP contribution is 2.31. The van der Waals surface area contributed by atoms with Crippen LogP contribution in [0.25, 0.3) is 0 Å². The minimum absolute atomic E-state index is 0.104. The molecular formula is C13H12F3N3O2. The third-order valence-electron chi connectivity index (χ3n) is 2.67. The fourth-order valence-electron chi connectivity index (χ4n) is 1.75. The molecular weight excluding hydrogens is 287 g/mol. The molecule has 1 aromatic carbocycles. The quantitative estimate of drug-likeness (QED) is 0.941. The van der Waals surface area contributed by atoms with E-state index in [0.29, 0.717) is 11.7 Å². The van der Waals surface area contributed by atoms with E-state index >= 15 is 0 Å². The number of rotatable bonds is 4. The van der Waals surface area contributed by atoms with Gasteiger partial charge in [0.15, 0.2) is 5.82 Å². The van der Waals surface area contributed by atoms with Gasteiger partial charge in [-0.15, -0.1) is 0 Å². The zero-order chi connectivity index (χ0) is 15.5. The van der Waals surface area contributed by atoms with Crippen LogP contribution in [0, 0.1) is 6.92 Å². The number of carbonyl (C=O) groups excluding carboxylic acids is 1. The highest BCUT2D eigenvalue weighted by atomic mass is 19.4. The number of alkyl halides is 3. The van der Waals surface area contributed by atoms with E-state index in [2.05, 4.69) is 15.5 Å². The number of halogens is 3. The minimum atomic E-state index is -4.57. The molecule has 5 nitrogen and oxygen atoms in total. The zero-order valence-electron chi connectivity index (χ0n) is 11.1. The molecule has 1 N–H and O–H groups in total. The van der Waals surface area contributed by atoms with Gasteiger partial charge in [-0.3, -0.25) is 4.79 Å². The smallest absolute Gasteiger partial charge is 0.352 e. The van der Waals surface area contributed by atoms with Gasteiger partial charge in [-0.05, 0) is 19.1 Å². The van der Waals surface area contributed by atoms with Crippen LogP contribution in [0.4, 0.5) is 13.2 Å². The monoisotopic (exact) mass is 299 g/mol. The molecule has 1 amide bonds. The summed E-state index contributed by atoms with van der Waals surface area (Å²) in [6.45, 7) is 1.75. The molecule has 0 aliphatic carbocycles. The van der Waals surface area contributed by atoms with Crippen LogP contribution in [0.2, 0.25) is 0 Å². The molecule has 0 spiro atoms. The summed E-state index contributed by atoms with van der Waals surface area (Å²) in [5.41, 5.74) is -1.37. The van der Waals surface area contributed by atoms with Crippen molar-refractivity contribution in [3.05, 3.63) is 47.1 Å². The summed E-state index contributed by atoms with van der Waals surface area (Å²) in [6, 6.07) is 4.62. The third-order valence-corrected chi connectivity index (χ3v) is 2.67. The summed E-state index contributed by atoms with van der Waals surface area (Å²) in [6.07, 6.45) is -4.32. The number of carbonyl (C=O) groups is 1. The standard InChI is InChI=1S/C13H12F3N3O2/c1-8-18-11(21-19-8)6-7-17-12(20)9-4-2-3-5-10(9)13(14,15)16/h2-5H,6-7H2,1H3,(H,17,20). The zero-order valence-corrected chi connectivity index (χ0v) is 11.1. The molecule has 0 bridgehead atoms. The second kappa shape index (κ2) is 5.94. The van der Waals surface area contributed by atoms with Crippen molar-refractivity contribution in [3.63, 3.8) is 0 Å². The summed E-state index contributed by atoms with van der Waals surface area (Å²) in [5.74, 6) is -0.0187. The topological polar surface area (TPSA) is 68.0 Å². The summed E-state index contributed by atoms with van der Waals surface area (Å²) >= 11 is 0. The van der Waals surface area contributed by atoms with Gasteiger partial charge in [0.25, 0.3) is 5.91 Å². The summed E-state index contributed by atoms with van der Waals surface area (Å²) in [7, 11) is 0. The third kappa shape index (κ3) is 3.80. The lowest BCUT2D eigenvalue weighted by atomic mass is 10.1. The van der Waals surface area contributed by atoms with Crippen molar-refractivity contribution in [1.29, 1.82) is 0 Å². The van der Waals surface area contributed by atoms with Crippen LogP contribution in [0.5, 0.6) is 0 Å². The molecule has 2 rings (SSSR count). The molecule has 1 aromatic heterocycles. The highest BCUT2D eigenvalue weighted by molar-refractivity contribution is 5.95. The maximum atomic E-state index is 12.8. The van der Waals surface area contributed by atoms with Crippen LogP contribution in [-0.2, 0) is 12.6 Å². The van der Waals surface area contributed by atoms with E-state index in [1.807, 2.05) is 0 Å². The number of aromatic nitrogens is 2. The first kappa shape index (κ1) is 15.0. The molecule has 0 saturated carbocycles. The number of hydrogen-bond acceptors (Lipinski definition) is 4. The van der Waals surface area contributed by atoms with E-state index in [-0.39, 0.29) is 13.0 Å². The average molecular weight is 299 g/mol. The minimum Gasteiger partial charge on any atom is -0.352 e. The van der Waals surface area contributed by atoms with Gasteiger partial charge in [-0.2, -0.15) is 18.2 Å². The largest absolute Gasteiger partial charge is 0.417 e. The molecule has 21 heavy (non-hydrogen) atoms. The predicted molar refractivity (Wildman–Crippen MR) is 66.5 cm³/mol. The molecule has 0 fully saturated rings. The van der Waals surface area contributed by atoms with Crippen molar-refractivity contribution in [3.8, 4) is 0 Å². The summed E-state index contributed by atoms with van der Waals surface area (Å²) in [4.78, 5) is 15.8. The van der Waals surface area contributed by atoms with Gasteiger partial charge in [0.2, 0.25) is 5.89 Å². The SMILES string of the molecule is Cc1noc(CCNC(=O)c2ccccc2C(F)(F)F)n1. The lowest BCUT2D eigenvalue weighted by molar-refractivity contribution is -0.137. The van der Waals surface area contributed by atoms with E-state index in [1.54, 1.807) is 6.92 Å². The molecule has 0 aliphatic rings. The van der Waals surface area contributed by atoms with Crippen LogP contribution in [0.3, 0.4) is 0 Å². The van der Waals surface area contributed by atoms with Crippen molar-refractivity contribution in [2.24, 2.45) is 0 Å². The molecule has 112 valence electrons. The first-order valence-corrected chi connectivity index (χ1v) is 6.11. The van der Waals surface area contributed by atoms with Crippen molar-refractivity contribution in [2.45, 2.75) is 19.5 Å². The molecule has 0 aliphatic heterocycles. The van der Waals surface area contributed by atoms with Gasteiger partial charge in [0, 0.05) is 13.0 Å². The fourth-order valence-corrected chi connectivity index (χ4v) is 1.75. The Balaban J connectivity index is 2.01. The van der Waals surface area contributed by atoms with Crippen molar-refractivity contribution < 1.29 is 22.5 Å². The fraction of sp³-hybridized carbons (Fsp3) is 0.308. The van der Waals surface area contributed by atoms with Crippen LogP contribution in [0.15, 0.2) is 28.8 Å². The molecule has 0 atom stereocenters. The second-order valence-electron chi connectivity index (χ2n) is 4.28. The Morgan fingerprint density at radius 3 is 2.67 bits per heavy atom. The number of aryl methyl sites for hydroxylation is 1. The van der Waals surface area contributed by atoms with Gasteiger partial charge < -0.3 is 9.84 Å². The van der Waals surface area contributed by atoms with Gasteiger partial charge in [-0.1, -0.05) is 17.3 Å². The van der Waals surface area contributed by atoms with E-state index < -0.39 is 23.2 Å². The van der Waals surface area contributed by atoms with E-state index in [4.69, 9.17) is 4.52 Å². The van der Waals surface area contributed by atoms with Crippen LogP contribution in [0.1, 0.15) is 27.6 Å². The van der Waals surface area contributed by atoms with Gasteiger partial charge >= 0.3 is 6.18 Å². The van der Waals surface area contributed by atoms with Crippen LogP contribution < -0.4 is 5.32 Å². The Morgan fingerprint density at radius 1 is 1.33 bits per heavy atom. The number of nitrogens with one attached hydrogen (secondary N) is 1. The Bertz CT molecular complexity index is 638. The van der Waals surface area contributed by atoms with Gasteiger partial charge in [-0.25, -0.2) is 0 Å². The number of nitrogens with zero attached hydrogens (tertiary/aromatic N) is 2. The van der Waals surface area contributed by atoms with Gasteiger partial charge in [0.1, 0.15) is 0 Å². The Hall–Kier alpha value is -2.38. The molecule has 0 unspecified atom stereocenters. The Labute approximate surface area is 118 Å². The number of benzene rings is 1. The summed E-state index contributed by atoms with van der Waals surface area (Å²) in [5, 5.41) is 5.97. The van der Waals surface area contributed by atoms with Crippen LogP contribution >= 0.6 is 0 Å². The van der Waals surface area contributed by atoms with E-state index in [0.717, 1.165) is 12.1 Å². The number of amides is 1.